The van der Waals surface area contributed by atoms with Crippen LogP contribution in [0.15, 0.2) is 48.5 Å². The van der Waals surface area contributed by atoms with Gasteiger partial charge in [0.2, 0.25) is 0 Å². The van der Waals surface area contributed by atoms with Gasteiger partial charge in [-0.15, -0.1) is 0 Å². The van der Waals surface area contributed by atoms with Crippen molar-refractivity contribution in [2.75, 3.05) is 0 Å². The zero-order valence-electron chi connectivity index (χ0n) is 14.0. The summed E-state index contributed by atoms with van der Waals surface area (Å²) in [5, 5.41) is 9.38. The molecule has 0 unspecified atom stereocenters. The third kappa shape index (κ3) is 3.22. The minimum absolute atomic E-state index is 0.131. The number of hydrogen-bond acceptors (Lipinski definition) is 1. The van der Waals surface area contributed by atoms with Crippen LogP contribution in [0, 0.1) is 0 Å². The highest BCUT2D eigenvalue weighted by Gasteiger charge is 2.29. The van der Waals surface area contributed by atoms with E-state index in [1.807, 2.05) is 24.3 Å². The van der Waals surface area contributed by atoms with Crippen molar-refractivity contribution in [3.8, 4) is 11.1 Å². The third-order valence-corrected chi connectivity index (χ3v) is 4.20. The summed E-state index contributed by atoms with van der Waals surface area (Å²) in [6.07, 6.45) is 0. The maximum atomic E-state index is 11.4. The van der Waals surface area contributed by atoms with Gasteiger partial charge in [0.15, 0.2) is 0 Å². The van der Waals surface area contributed by atoms with Crippen LogP contribution in [-0.2, 0) is 15.6 Å². The molecule has 0 aliphatic rings. The van der Waals surface area contributed by atoms with Crippen molar-refractivity contribution in [1.82, 2.24) is 0 Å². The lowest BCUT2D eigenvalue weighted by Gasteiger charge is -2.21. The van der Waals surface area contributed by atoms with Crippen molar-refractivity contribution in [3.05, 3.63) is 59.7 Å². The van der Waals surface area contributed by atoms with Crippen LogP contribution in [0.25, 0.3) is 11.1 Å². The first-order valence-corrected chi connectivity index (χ1v) is 7.57. The summed E-state index contributed by atoms with van der Waals surface area (Å²) < 4.78 is 0. The molecule has 0 heterocycles. The van der Waals surface area contributed by atoms with Gasteiger partial charge in [-0.1, -0.05) is 69.3 Å². The van der Waals surface area contributed by atoms with Crippen LogP contribution in [0.2, 0.25) is 0 Å². The van der Waals surface area contributed by atoms with Gasteiger partial charge in [0.25, 0.3) is 0 Å². The minimum Gasteiger partial charge on any atom is -0.481 e. The molecule has 1 N–H and O–H groups in total. The molecule has 116 valence electrons. The molecule has 2 heteroatoms. The number of benzene rings is 2. The van der Waals surface area contributed by atoms with Crippen molar-refractivity contribution in [1.29, 1.82) is 0 Å². The molecule has 0 saturated carbocycles. The van der Waals surface area contributed by atoms with Crippen LogP contribution < -0.4 is 0 Å². The van der Waals surface area contributed by atoms with Crippen molar-refractivity contribution in [2.45, 2.75) is 45.4 Å². The standard InChI is InChI=1S/C20H24O2/c1-19(2,3)16-11-9-14(10-12-16)15-7-6-8-17(13-15)20(4,5)18(21)22/h6-13H,1-5H3,(H,21,22). The number of aliphatic carboxylic acids is 1. The Balaban J connectivity index is 2.40. The van der Waals surface area contributed by atoms with E-state index >= 15 is 0 Å². The molecule has 2 nitrogen and oxygen atoms in total. The Morgan fingerprint density at radius 1 is 0.818 bits per heavy atom. The average Bonchev–Trinajstić information content (AvgIpc) is 2.46. The highest BCUT2D eigenvalue weighted by Crippen LogP contribution is 2.30. The van der Waals surface area contributed by atoms with E-state index in [1.165, 1.54) is 5.56 Å². The molecule has 2 aromatic carbocycles. The van der Waals surface area contributed by atoms with E-state index in [4.69, 9.17) is 0 Å². The maximum Gasteiger partial charge on any atom is 0.313 e. The monoisotopic (exact) mass is 296 g/mol. The molecule has 0 aromatic heterocycles. The smallest absolute Gasteiger partial charge is 0.313 e. The maximum absolute atomic E-state index is 11.4. The lowest BCUT2D eigenvalue weighted by atomic mass is 9.83. The van der Waals surface area contributed by atoms with Gasteiger partial charge >= 0.3 is 5.97 Å². The first-order valence-electron chi connectivity index (χ1n) is 7.57. The van der Waals surface area contributed by atoms with Gasteiger partial charge in [-0.05, 0) is 41.5 Å². The summed E-state index contributed by atoms with van der Waals surface area (Å²) >= 11 is 0. The van der Waals surface area contributed by atoms with Gasteiger partial charge in [0.05, 0.1) is 5.41 Å². The molecule has 0 aliphatic carbocycles. The highest BCUT2D eigenvalue weighted by atomic mass is 16.4. The van der Waals surface area contributed by atoms with Crippen molar-refractivity contribution < 1.29 is 9.90 Å². The quantitative estimate of drug-likeness (QED) is 0.864. The Bertz CT molecular complexity index is 674. The number of carboxylic acid groups (broad SMARTS) is 1. The molecule has 0 saturated heterocycles. The van der Waals surface area contributed by atoms with E-state index in [9.17, 15) is 9.90 Å². The number of rotatable bonds is 3. The van der Waals surface area contributed by atoms with Crippen molar-refractivity contribution in [3.63, 3.8) is 0 Å². The summed E-state index contributed by atoms with van der Waals surface area (Å²) in [6.45, 7) is 10.0. The minimum atomic E-state index is -0.888. The number of carbonyl (C=O) groups is 1. The topological polar surface area (TPSA) is 37.3 Å². The summed E-state index contributed by atoms with van der Waals surface area (Å²) in [6, 6.07) is 16.3. The van der Waals surface area contributed by atoms with E-state index in [0.29, 0.717) is 0 Å². The number of hydrogen-bond donors (Lipinski definition) is 1. The summed E-state index contributed by atoms with van der Waals surface area (Å²) in [5.74, 6) is -0.812. The molecule has 0 radical (unpaired) electrons. The first-order chi connectivity index (χ1) is 10.1. The zero-order chi connectivity index (χ0) is 16.5. The lowest BCUT2D eigenvalue weighted by Crippen LogP contribution is -2.28. The lowest BCUT2D eigenvalue weighted by molar-refractivity contribution is -0.142. The molecule has 22 heavy (non-hydrogen) atoms. The van der Waals surface area contributed by atoms with E-state index in [1.54, 1.807) is 13.8 Å². The van der Waals surface area contributed by atoms with E-state index < -0.39 is 11.4 Å². The summed E-state index contributed by atoms with van der Waals surface area (Å²) in [7, 11) is 0. The molecule has 0 atom stereocenters. The largest absolute Gasteiger partial charge is 0.481 e. The van der Waals surface area contributed by atoms with Gasteiger partial charge in [-0.3, -0.25) is 4.79 Å². The molecule has 0 bridgehead atoms. The second-order valence-electron chi connectivity index (χ2n) is 7.34. The Hall–Kier alpha value is -2.09. The molecular formula is C20H24O2. The second-order valence-corrected chi connectivity index (χ2v) is 7.34. The molecule has 0 aliphatic heterocycles. The van der Waals surface area contributed by atoms with Crippen molar-refractivity contribution >= 4 is 5.97 Å². The van der Waals surface area contributed by atoms with Gasteiger partial charge in [-0.25, -0.2) is 0 Å². The van der Waals surface area contributed by atoms with Gasteiger partial charge < -0.3 is 5.11 Å². The molecule has 2 rings (SSSR count). The normalized spacial score (nSPS) is 12.2. The van der Waals surface area contributed by atoms with E-state index in [0.717, 1.165) is 16.7 Å². The van der Waals surface area contributed by atoms with Gasteiger partial charge in [0.1, 0.15) is 0 Å². The molecule has 0 fully saturated rings. The fourth-order valence-electron chi connectivity index (χ4n) is 2.37. The summed E-state index contributed by atoms with van der Waals surface area (Å²) in [5.41, 5.74) is 3.51. The van der Waals surface area contributed by atoms with Crippen LogP contribution in [0.5, 0.6) is 0 Å². The Labute approximate surface area is 132 Å². The molecule has 2 aromatic rings. The SMILES string of the molecule is CC(C)(C)c1ccc(-c2cccc(C(C)(C)C(=O)O)c2)cc1. The fraction of sp³-hybridized carbons (Fsp3) is 0.350. The van der Waals surface area contributed by atoms with Crippen LogP contribution in [0.1, 0.15) is 45.7 Å². The van der Waals surface area contributed by atoms with Gasteiger partial charge in [0, 0.05) is 0 Å². The second kappa shape index (κ2) is 5.60. The Morgan fingerprint density at radius 2 is 1.41 bits per heavy atom. The van der Waals surface area contributed by atoms with Gasteiger partial charge in [-0.2, -0.15) is 0 Å². The third-order valence-electron chi connectivity index (χ3n) is 4.20. The fourth-order valence-corrected chi connectivity index (χ4v) is 2.37. The average molecular weight is 296 g/mol. The van der Waals surface area contributed by atoms with Crippen LogP contribution in [0.4, 0.5) is 0 Å². The zero-order valence-corrected chi connectivity index (χ0v) is 14.0. The van der Waals surface area contributed by atoms with Crippen LogP contribution in [0.3, 0.4) is 0 Å². The predicted octanol–water partition coefficient (Wildman–Crippen LogP) is 5.01. The van der Waals surface area contributed by atoms with Crippen LogP contribution in [-0.4, -0.2) is 11.1 Å². The van der Waals surface area contributed by atoms with Crippen LogP contribution >= 0.6 is 0 Å². The van der Waals surface area contributed by atoms with E-state index in [-0.39, 0.29) is 5.41 Å². The molecular weight excluding hydrogens is 272 g/mol. The number of carboxylic acids is 1. The summed E-state index contributed by atoms with van der Waals surface area (Å²) in [4.78, 5) is 11.4. The Morgan fingerprint density at radius 3 is 1.91 bits per heavy atom. The first kappa shape index (κ1) is 16.3. The molecule has 0 spiro atoms. The molecule has 0 amide bonds. The predicted molar refractivity (Wildman–Crippen MR) is 91.2 cm³/mol. The van der Waals surface area contributed by atoms with E-state index in [2.05, 4.69) is 45.0 Å². The highest BCUT2D eigenvalue weighted by molar-refractivity contribution is 5.81. The Kier molecular flexibility index (Phi) is 4.15. The van der Waals surface area contributed by atoms with Crippen molar-refractivity contribution in [2.24, 2.45) is 0 Å².